The summed E-state index contributed by atoms with van der Waals surface area (Å²) in [4.78, 5) is 0. The SMILES string of the molecule is OC[C@@]1(O)O[C@@H](OC[C@H]2O[C@@H](O[C@H](CCCCc3ccc(O)c(O)c3)CCc3ccc(O)c(O)c3)[C@H](O)[C@@H](O)[C@@H]2O)C[C@@H]1O. The van der Waals surface area contributed by atoms with E-state index in [0.717, 1.165) is 11.1 Å². The zero-order valence-corrected chi connectivity index (χ0v) is 24.1. The monoisotopic (exact) mass is 626 g/mol. The molecule has 0 aliphatic carbocycles. The second-order valence-electron chi connectivity index (χ2n) is 11.3. The molecule has 0 aromatic heterocycles. The van der Waals surface area contributed by atoms with Crippen LogP contribution in [0, 0.1) is 0 Å². The number of aromatic hydroxyl groups is 4. The van der Waals surface area contributed by atoms with Crippen LogP contribution in [0.25, 0.3) is 0 Å². The van der Waals surface area contributed by atoms with Crippen LogP contribution in [0.5, 0.6) is 23.0 Å². The largest absolute Gasteiger partial charge is 0.504 e. The van der Waals surface area contributed by atoms with Gasteiger partial charge in [-0.15, -0.1) is 0 Å². The van der Waals surface area contributed by atoms with E-state index in [-0.39, 0.29) is 36.0 Å². The third kappa shape index (κ3) is 8.48. The number of unbranched alkanes of at least 4 members (excludes halogenated alkanes) is 1. The van der Waals surface area contributed by atoms with Crippen LogP contribution < -0.4 is 0 Å². The molecule has 2 fully saturated rings. The molecule has 0 spiro atoms. The maximum atomic E-state index is 10.7. The molecule has 2 heterocycles. The van der Waals surface area contributed by atoms with E-state index in [1.54, 1.807) is 12.1 Å². The van der Waals surface area contributed by atoms with Crippen LogP contribution in [0.15, 0.2) is 36.4 Å². The summed E-state index contributed by atoms with van der Waals surface area (Å²) >= 11 is 0. The van der Waals surface area contributed by atoms with E-state index in [2.05, 4.69) is 0 Å². The molecule has 2 aliphatic rings. The predicted octanol–water partition coefficient (Wildman–Crippen LogP) is -0.148. The Labute approximate surface area is 253 Å². The van der Waals surface area contributed by atoms with Crippen molar-refractivity contribution in [1.82, 2.24) is 0 Å². The van der Waals surface area contributed by atoms with E-state index in [1.807, 2.05) is 0 Å². The van der Waals surface area contributed by atoms with Crippen molar-refractivity contribution in [2.45, 2.75) is 99.9 Å². The number of rotatable bonds is 14. The van der Waals surface area contributed by atoms with E-state index in [4.69, 9.17) is 18.9 Å². The van der Waals surface area contributed by atoms with Crippen molar-refractivity contribution < 1.29 is 70.0 Å². The minimum atomic E-state index is -2.19. The average molecular weight is 627 g/mol. The lowest BCUT2D eigenvalue weighted by atomic mass is 9.98. The van der Waals surface area contributed by atoms with Gasteiger partial charge in [-0.2, -0.15) is 0 Å². The number of ether oxygens (including phenoxy) is 4. The van der Waals surface area contributed by atoms with Gasteiger partial charge in [0.25, 0.3) is 0 Å². The van der Waals surface area contributed by atoms with Gasteiger partial charge >= 0.3 is 0 Å². The molecule has 0 bridgehead atoms. The predicted molar refractivity (Wildman–Crippen MR) is 150 cm³/mol. The Bertz CT molecular complexity index is 1210. The maximum absolute atomic E-state index is 10.7. The van der Waals surface area contributed by atoms with Gasteiger partial charge in [-0.05, 0) is 67.5 Å². The first-order valence-electron chi connectivity index (χ1n) is 14.6. The van der Waals surface area contributed by atoms with E-state index in [9.17, 15) is 51.1 Å². The summed E-state index contributed by atoms with van der Waals surface area (Å²) in [6, 6.07) is 9.08. The molecule has 0 unspecified atom stereocenters. The molecule has 14 nitrogen and oxygen atoms in total. The highest BCUT2D eigenvalue weighted by molar-refractivity contribution is 5.41. The summed E-state index contributed by atoms with van der Waals surface area (Å²) in [5, 5.41) is 99.8. The van der Waals surface area contributed by atoms with Crippen molar-refractivity contribution in [2.75, 3.05) is 13.2 Å². The normalized spacial score (nSPS) is 31.3. The molecular formula is C30H42O14. The molecule has 2 aliphatic heterocycles. The third-order valence-corrected chi connectivity index (χ3v) is 8.02. The third-order valence-electron chi connectivity index (χ3n) is 8.02. The van der Waals surface area contributed by atoms with Crippen LogP contribution in [0.1, 0.15) is 43.2 Å². The number of phenols is 4. The molecule has 246 valence electrons. The molecule has 0 radical (unpaired) electrons. The molecule has 2 aromatic rings. The Balaban J connectivity index is 1.38. The molecule has 2 saturated heterocycles. The first-order valence-corrected chi connectivity index (χ1v) is 14.6. The molecule has 0 amide bonds. The Morgan fingerprint density at radius 3 is 2.02 bits per heavy atom. The standard InChI is InChI=1S/C30H42O14/c31-15-30(40)24(36)13-25(44-30)41-14-23-26(37)27(38)28(39)29(43-23)42-18(8-5-17-7-10-20(33)22(35)12-17)4-2-1-3-16-6-9-19(32)21(34)11-16/h6-7,9-12,18,23-29,31-40H,1-5,8,13-15H2/t18-,23-,24+,25-,26-,27+,28-,29-,30-/m1/s1. The summed E-state index contributed by atoms with van der Waals surface area (Å²) in [5.74, 6) is -3.12. The Morgan fingerprint density at radius 1 is 0.795 bits per heavy atom. The lowest BCUT2D eigenvalue weighted by Crippen LogP contribution is -2.60. The van der Waals surface area contributed by atoms with Crippen molar-refractivity contribution in [3.8, 4) is 23.0 Å². The van der Waals surface area contributed by atoms with Crippen molar-refractivity contribution in [3.63, 3.8) is 0 Å². The second-order valence-corrected chi connectivity index (χ2v) is 11.3. The topological polar surface area (TPSA) is 239 Å². The minimum Gasteiger partial charge on any atom is -0.504 e. The van der Waals surface area contributed by atoms with E-state index in [0.29, 0.717) is 38.5 Å². The highest BCUT2D eigenvalue weighted by Crippen LogP contribution is 2.32. The molecular weight excluding hydrogens is 584 g/mol. The fourth-order valence-electron chi connectivity index (χ4n) is 5.28. The Morgan fingerprint density at radius 2 is 1.43 bits per heavy atom. The summed E-state index contributed by atoms with van der Waals surface area (Å²) in [6.07, 6.45) is -7.28. The summed E-state index contributed by atoms with van der Waals surface area (Å²) in [6.45, 7) is -1.22. The van der Waals surface area contributed by atoms with Crippen LogP contribution in [-0.4, -0.2) is 119 Å². The number of benzene rings is 2. The van der Waals surface area contributed by atoms with Gasteiger partial charge < -0.3 is 70.0 Å². The number of aliphatic hydroxyl groups is 6. The van der Waals surface area contributed by atoms with Crippen molar-refractivity contribution >= 4 is 0 Å². The van der Waals surface area contributed by atoms with Gasteiger partial charge in [0.05, 0.1) is 19.3 Å². The van der Waals surface area contributed by atoms with Gasteiger partial charge in [-0.1, -0.05) is 18.6 Å². The van der Waals surface area contributed by atoms with Crippen LogP contribution in [0.4, 0.5) is 0 Å². The molecule has 10 N–H and O–H groups in total. The minimum absolute atomic E-state index is 0.163. The highest BCUT2D eigenvalue weighted by Gasteiger charge is 2.49. The van der Waals surface area contributed by atoms with E-state index >= 15 is 0 Å². The van der Waals surface area contributed by atoms with Gasteiger partial charge in [0.1, 0.15) is 30.5 Å². The van der Waals surface area contributed by atoms with E-state index in [1.165, 1.54) is 24.3 Å². The molecule has 14 heteroatoms. The van der Waals surface area contributed by atoms with Gasteiger partial charge in [-0.3, -0.25) is 0 Å². The number of phenolic OH excluding ortho intramolecular Hbond substituents is 4. The molecule has 9 atom stereocenters. The van der Waals surface area contributed by atoms with Crippen LogP contribution >= 0.6 is 0 Å². The smallest absolute Gasteiger partial charge is 0.218 e. The fraction of sp³-hybridized carbons (Fsp3) is 0.600. The molecule has 0 saturated carbocycles. The van der Waals surface area contributed by atoms with Gasteiger partial charge in [0.15, 0.2) is 35.6 Å². The number of aryl methyl sites for hydroxylation is 2. The van der Waals surface area contributed by atoms with Crippen LogP contribution in [0.3, 0.4) is 0 Å². The lowest BCUT2D eigenvalue weighted by molar-refractivity contribution is -0.325. The Kier molecular flexibility index (Phi) is 11.6. The molecule has 44 heavy (non-hydrogen) atoms. The molecule has 4 rings (SSSR count). The second kappa shape index (κ2) is 15.0. The Hall–Kier alpha value is -2.76. The number of hydrogen-bond acceptors (Lipinski definition) is 14. The first-order chi connectivity index (χ1) is 20.9. The van der Waals surface area contributed by atoms with Crippen molar-refractivity contribution in [2.24, 2.45) is 0 Å². The maximum Gasteiger partial charge on any atom is 0.218 e. The zero-order valence-electron chi connectivity index (χ0n) is 24.1. The van der Waals surface area contributed by atoms with E-state index < -0.39 is 61.6 Å². The summed E-state index contributed by atoms with van der Waals surface area (Å²) in [5.41, 5.74) is 1.56. The molecule has 2 aromatic carbocycles. The summed E-state index contributed by atoms with van der Waals surface area (Å²) in [7, 11) is 0. The summed E-state index contributed by atoms with van der Waals surface area (Å²) < 4.78 is 22.6. The quantitative estimate of drug-likeness (QED) is 0.0970. The van der Waals surface area contributed by atoms with Gasteiger partial charge in [0, 0.05) is 6.42 Å². The fourth-order valence-corrected chi connectivity index (χ4v) is 5.28. The number of hydrogen-bond donors (Lipinski definition) is 10. The van der Waals surface area contributed by atoms with Gasteiger partial charge in [-0.25, -0.2) is 0 Å². The van der Waals surface area contributed by atoms with Crippen molar-refractivity contribution in [1.29, 1.82) is 0 Å². The lowest BCUT2D eigenvalue weighted by Gasteiger charge is -2.41. The zero-order chi connectivity index (χ0) is 32.0. The first kappa shape index (κ1) is 34.1. The number of aliphatic hydroxyl groups excluding tert-OH is 5. The van der Waals surface area contributed by atoms with Gasteiger partial charge in [0.2, 0.25) is 5.79 Å². The average Bonchev–Trinajstić information content (AvgIpc) is 3.29. The van der Waals surface area contributed by atoms with Crippen LogP contribution in [0.2, 0.25) is 0 Å². The van der Waals surface area contributed by atoms with Crippen LogP contribution in [-0.2, 0) is 31.8 Å². The highest BCUT2D eigenvalue weighted by atomic mass is 16.8. The van der Waals surface area contributed by atoms with Crippen molar-refractivity contribution in [3.05, 3.63) is 47.5 Å².